The molecule has 90 valence electrons. The first-order valence-electron chi connectivity index (χ1n) is 5.64. The van der Waals surface area contributed by atoms with Crippen LogP contribution >= 0.6 is 0 Å². The average molecular weight is 282 g/mol. The normalized spacial score (nSPS) is 24.9. The Morgan fingerprint density at radius 2 is 1.62 bits per heavy atom. The van der Waals surface area contributed by atoms with E-state index in [9.17, 15) is 0 Å². The SMILES string of the molecule is CC1c2ccccc2OC(C)(C)C1(C)C.[AsH3]. The summed E-state index contributed by atoms with van der Waals surface area (Å²) >= 11 is 0. The van der Waals surface area contributed by atoms with E-state index >= 15 is 0 Å². The van der Waals surface area contributed by atoms with Crippen molar-refractivity contribution < 1.29 is 4.74 Å². The van der Waals surface area contributed by atoms with Gasteiger partial charge in [0.25, 0.3) is 0 Å². The van der Waals surface area contributed by atoms with Crippen LogP contribution in [0.5, 0.6) is 5.75 Å². The molecule has 16 heavy (non-hydrogen) atoms. The van der Waals surface area contributed by atoms with Crippen molar-refractivity contribution in [2.24, 2.45) is 5.41 Å². The molecule has 0 saturated carbocycles. The molecule has 1 nitrogen and oxygen atoms in total. The van der Waals surface area contributed by atoms with Gasteiger partial charge >= 0.3 is 18.0 Å². The fourth-order valence-corrected chi connectivity index (χ4v) is 2.25. The average Bonchev–Trinajstić information content (AvgIpc) is 2.15. The third-order valence-corrected chi connectivity index (χ3v) is 4.38. The second-order valence-electron chi connectivity index (χ2n) is 5.59. The molecule has 0 aromatic heterocycles. The Kier molecular flexibility index (Phi) is 3.50. The molecule has 1 aromatic rings. The fourth-order valence-electron chi connectivity index (χ4n) is 2.25. The Balaban J connectivity index is 0.00000128. The minimum atomic E-state index is -0.110. The molecule has 2 atom stereocenters. The van der Waals surface area contributed by atoms with E-state index in [1.165, 1.54) is 5.56 Å². The molecule has 2 rings (SSSR count). The molecule has 2 unspecified atom stereocenters. The molecule has 0 spiro atoms. The molecule has 0 N–H and O–H groups in total. The Labute approximate surface area is 110 Å². The fraction of sp³-hybridized carbons (Fsp3) is 0.571. The molecule has 0 bridgehead atoms. The zero-order valence-corrected chi connectivity index (χ0v) is 14.0. The number of ether oxygens (including phenoxy) is 1. The van der Waals surface area contributed by atoms with Gasteiger partial charge in [-0.3, -0.25) is 0 Å². The van der Waals surface area contributed by atoms with Gasteiger partial charge in [0.1, 0.15) is 11.4 Å². The Bertz CT molecular complexity index is 382. The van der Waals surface area contributed by atoms with Crippen LogP contribution in [0.4, 0.5) is 0 Å². The van der Waals surface area contributed by atoms with Crippen molar-refractivity contribution in [3.05, 3.63) is 29.8 Å². The molecular formula is C14H23AsO. The zero-order valence-electron chi connectivity index (χ0n) is 11.0. The summed E-state index contributed by atoms with van der Waals surface area (Å²) in [5, 5.41) is 0. The summed E-state index contributed by atoms with van der Waals surface area (Å²) in [5.74, 6) is 1.58. The first-order chi connectivity index (χ1) is 6.86. The summed E-state index contributed by atoms with van der Waals surface area (Å²) in [4.78, 5) is 0. The molecule has 1 aromatic carbocycles. The van der Waals surface area contributed by atoms with Gasteiger partial charge in [0.15, 0.2) is 0 Å². The molecule has 2 heteroatoms. The van der Waals surface area contributed by atoms with Crippen LogP contribution in [-0.4, -0.2) is 23.6 Å². The molecule has 0 aliphatic carbocycles. The molecule has 1 aliphatic rings. The van der Waals surface area contributed by atoms with Crippen molar-refractivity contribution in [1.82, 2.24) is 0 Å². The van der Waals surface area contributed by atoms with Crippen LogP contribution in [0.15, 0.2) is 24.3 Å². The molecule has 0 fully saturated rings. The summed E-state index contributed by atoms with van der Waals surface area (Å²) in [6, 6.07) is 8.38. The van der Waals surface area contributed by atoms with Gasteiger partial charge in [-0.25, -0.2) is 0 Å². The first kappa shape index (κ1) is 13.6. The number of hydrogen-bond acceptors (Lipinski definition) is 1. The predicted molar refractivity (Wildman–Crippen MR) is 73.3 cm³/mol. The number of hydrogen-bond donors (Lipinski definition) is 0. The van der Waals surface area contributed by atoms with Gasteiger partial charge < -0.3 is 4.74 Å². The zero-order chi connectivity index (χ0) is 11.3. The minimum absolute atomic E-state index is 0. The molecule has 0 saturated heterocycles. The van der Waals surface area contributed by atoms with Crippen LogP contribution in [0.25, 0.3) is 0 Å². The Hall–Kier alpha value is -0.422. The van der Waals surface area contributed by atoms with Gasteiger partial charge in [-0.05, 0) is 31.4 Å². The van der Waals surface area contributed by atoms with Crippen LogP contribution in [0.2, 0.25) is 0 Å². The number of rotatable bonds is 0. The van der Waals surface area contributed by atoms with Gasteiger partial charge in [0.05, 0.1) is 0 Å². The van der Waals surface area contributed by atoms with Crippen LogP contribution in [0.1, 0.15) is 46.1 Å². The van der Waals surface area contributed by atoms with E-state index < -0.39 is 0 Å². The van der Waals surface area contributed by atoms with E-state index in [0.29, 0.717) is 5.92 Å². The van der Waals surface area contributed by atoms with E-state index in [1.807, 2.05) is 6.07 Å². The van der Waals surface area contributed by atoms with Crippen LogP contribution in [0, 0.1) is 5.41 Å². The van der Waals surface area contributed by atoms with Gasteiger partial charge in [-0.15, -0.1) is 0 Å². The summed E-state index contributed by atoms with van der Waals surface area (Å²) in [5.41, 5.74) is 1.38. The third kappa shape index (κ3) is 1.80. The van der Waals surface area contributed by atoms with E-state index in [2.05, 4.69) is 52.8 Å². The number of fused-ring (bicyclic) bond motifs is 1. The monoisotopic (exact) mass is 282 g/mol. The van der Waals surface area contributed by atoms with Crippen molar-refractivity contribution in [2.75, 3.05) is 0 Å². The van der Waals surface area contributed by atoms with Crippen molar-refractivity contribution in [2.45, 2.75) is 46.1 Å². The second kappa shape index (κ2) is 4.11. The summed E-state index contributed by atoms with van der Waals surface area (Å²) < 4.78 is 6.10. The van der Waals surface area contributed by atoms with Gasteiger partial charge in [0.2, 0.25) is 0 Å². The van der Waals surface area contributed by atoms with Crippen LogP contribution < -0.4 is 4.74 Å². The summed E-state index contributed by atoms with van der Waals surface area (Å²) in [6.07, 6.45) is 0. The maximum atomic E-state index is 6.10. The van der Waals surface area contributed by atoms with Gasteiger partial charge in [0, 0.05) is 5.41 Å². The van der Waals surface area contributed by atoms with E-state index in [-0.39, 0.29) is 29.0 Å². The number of para-hydroxylation sites is 1. The first-order valence-corrected chi connectivity index (χ1v) is 5.64. The van der Waals surface area contributed by atoms with Crippen molar-refractivity contribution >= 4 is 18.0 Å². The van der Waals surface area contributed by atoms with Crippen molar-refractivity contribution in [3.63, 3.8) is 0 Å². The van der Waals surface area contributed by atoms with Crippen molar-refractivity contribution in [3.8, 4) is 5.75 Å². The quantitative estimate of drug-likeness (QED) is 0.665. The molecule has 1 heterocycles. The van der Waals surface area contributed by atoms with E-state index in [0.717, 1.165) is 5.75 Å². The molecule has 0 radical (unpaired) electrons. The predicted octanol–water partition coefficient (Wildman–Crippen LogP) is 2.80. The van der Waals surface area contributed by atoms with Crippen LogP contribution in [0.3, 0.4) is 0 Å². The van der Waals surface area contributed by atoms with E-state index in [1.54, 1.807) is 0 Å². The molecule has 0 amide bonds. The van der Waals surface area contributed by atoms with Gasteiger partial charge in [-0.2, -0.15) is 0 Å². The molecular weight excluding hydrogens is 259 g/mol. The van der Waals surface area contributed by atoms with E-state index in [4.69, 9.17) is 4.74 Å². The third-order valence-electron chi connectivity index (χ3n) is 4.38. The standard InChI is InChI=1S/C14H20O.AsH3/c1-10-11-8-6-7-9-12(11)15-14(4,5)13(10,2)3;/h6-10H,1-5H3;1H3. The maximum absolute atomic E-state index is 6.10. The second-order valence-corrected chi connectivity index (χ2v) is 5.59. The molecule has 1 aliphatic heterocycles. The summed E-state index contributed by atoms with van der Waals surface area (Å²) in [6.45, 7) is 11.2. The van der Waals surface area contributed by atoms with Crippen molar-refractivity contribution in [1.29, 1.82) is 0 Å². The topological polar surface area (TPSA) is 9.23 Å². The Morgan fingerprint density at radius 3 is 2.25 bits per heavy atom. The van der Waals surface area contributed by atoms with Gasteiger partial charge in [-0.1, -0.05) is 39.0 Å². The Morgan fingerprint density at radius 1 is 1.06 bits per heavy atom. The summed E-state index contributed by atoms with van der Waals surface area (Å²) in [7, 11) is 0. The van der Waals surface area contributed by atoms with Crippen LogP contribution in [-0.2, 0) is 0 Å². The number of benzene rings is 1.